The molecule has 0 spiro atoms. The number of nitrogen functional groups attached to an aromatic ring is 1. The SMILES string of the molecule is CCCCc1nc2c(N)nc3ccccc3c2n1CC1CCNCC1. The molecule has 2 aromatic heterocycles. The van der Waals surface area contributed by atoms with Gasteiger partial charge in [-0.2, -0.15) is 0 Å². The first-order chi connectivity index (χ1) is 12.3. The first-order valence-corrected chi connectivity index (χ1v) is 9.52. The lowest BCUT2D eigenvalue weighted by atomic mass is 9.98. The Bertz CT molecular complexity index is 877. The van der Waals surface area contributed by atoms with Gasteiger partial charge >= 0.3 is 0 Å². The molecule has 1 fully saturated rings. The van der Waals surface area contributed by atoms with Gasteiger partial charge in [-0.1, -0.05) is 31.5 Å². The van der Waals surface area contributed by atoms with E-state index in [1.54, 1.807) is 0 Å². The van der Waals surface area contributed by atoms with Gasteiger partial charge < -0.3 is 15.6 Å². The molecule has 0 aliphatic carbocycles. The number of anilines is 1. The number of nitrogens with one attached hydrogen (secondary N) is 1. The molecule has 132 valence electrons. The van der Waals surface area contributed by atoms with E-state index in [0.29, 0.717) is 11.7 Å². The van der Waals surface area contributed by atoms with Crippen molar-refractivity contribution in [3.63, 3.8) is 0 Å². The van der Waals surface area contributed by atoms with Crippen LogP contribution in [-0.2, 0) is 13.0 Å². The Kier molecular flexibility index (Phi) is 4.57. The van der Waals surface area contributed by atoms with Gasteiger partial charge in [0.05, 0.1) is 11.0 Å². The van der Waals surface area contributed by atoms with Gasteiger partial charge in [0.25, 0.3) is 0 Å². The first kappa shape index (κ1) is 16.3. The van der Waals surface area contributed by atoms with Crippen LogP contribution in [0.25, 0.3) is 21.9 Å². The standard InChI is InChI=1S/C20H27N5/c1-2-3-8-17-24-18-19(25(17)13-14-9-11-22-12-10-14)15-6-4-5-7-16(15)23-20(18)21/h4-7,14,22H,2-3,8-13H2,1H3,(H2,21,23). The van der Waals surface area contributed by atoms with Crippen molar-refractivity contribution >= 4 is 27.8 Å². The monoisotopic (exact) mass is 337 g/mol. The predicted molar refractivity (Wildman–Crippen MR) is 104 cm³/mol. The van der Waals surface area contributed by atoms with Crippen molar-refractivity contribution < 1.29 is 0 Å². The highest BCUT2D eigenvalue weighted by atomic mass is 15.1. The normalized spacial score (nSPS) is 16.0. The number of imidazole rings is 1. The molecular formula is C20H27N5. The molecule has 1 aliphatic rings. The molecule has 0 bridgehead atoms. The number of hydrogen-bond acceptors (Lipinski definition) is 4. The zero-order chi connectivity index (χ0) is 17.2. The van der Waals surface area contributed by atoms with Crippen LogP contribution in [0.2, 0.25) is 0 Å². The Balaban J connectivity index is 1.88. The fourth-order valence-corrected chi connectivity index (χ4v) is 3.95. The molecule has 0 atom stereocenters. The summed E-state index contributed by atoms with van der Waals surface area (Å²) >= 11 is 0. The van der Waals surface area contributed by atoms with Crippen molar-refractivity contribution in [2.24, 2.45) is 5.92 Å². The summed E-state index contributed by atoms with van der Waals surface area (Å²) in [6.07, 6.45) is 5.78. The fraction of sp³-hybridized carbons (Fsp3) is 0.500. The quantitative estimate of drug-likeness (QED) is 0.747. The van der Waals surface area contributed by atoms with Crippen molar-refractivity contribution in [3.8, 4) is 0 Å². The van der Waals surface area contributed by atoms with Gasteiger partial charge in [-0.25, -0.2) is 9.97 Å². The van der Waals surface area contributed by atoms with Gasteiger partial charge in [-0.15, -0.1) is 0 Å². The van der Waals surface area contributed by atoms with E-state index in [1.807, 2.05) is 12.1 Å². The number of pyridine rings is 1. The van der Waals surface area contributed by atoms with Crippen LogP contribution in [0.3, 0.4) is 0 Å². The molecule has 1 aromatic carbocycles. The maximum atomic E-state index is 6.27. The number of hydrogen-bond donors (Lipinski definition) is 2. The van der Waals surface area contributed by atoms with Crippen LogP contribution in [0.5, 0.6) is 0 Å². The summed E-state index contributed by atoms with van der Waals surface area (Å²) in [5.41, 5.74) is 9.28. The maximum absolute atomic E-state index is 6.27. The average molecular weight is 337 g/mol. The van der Waals surface area contributed by atoms with Crippen molar-refractivity contribution in [1.29, 1.82) is 0 Å². The van der Waals surface area contributed by atoms with Crippen LogP contribution in [0, 0.1) is 5.92 Å². The van der Waals surface area contributed by atoms with Crippen LogP contribution >= 0.6 is 0 Å². The summed E-state index contributed by atoms with van der Waals surface area (Å²) < 4.78 is 2.45. The molecule has 0 saturated carbocycles. The fourth-order valence-electron chi connectivity index (χ4n) is 3.95. The number of aryl methyl sites for hydroxylation is 1. The summed E-state index contributed by atoms with van der Waals surface area (Å²) in [6, 6.07) is 8.28. The number of nitrogens with two attached hydrogens (primary N) is 1. The van der Waals surface area contributed by atoms with Gasteiger partial charge in [0.1, 0.15) is 11.3 Å². The lowest BCUT2D eigenvalue weighted by molar-refractivity contribution is 0.333. The van der Waals surface area contributed by atoms with Crippen molar-refractivity contribution in [2.45, 2.75) is 45.6 Å². The Labute approximate surface area is 148 Å². The van der Waals surface area contributed by atoms with Gasteiger partial charge in [0.2, 0.25) is 0 Å². The molecule has 3 heterocycles. The number of aromatic nitrogens is 3. The number of rotatable bonds is 5. The molecule has 0 unspecified atom stereocenters. The second-order valence-electron chi connectivity index (χ2n) is 7.15. The Morgan fingerprint density at radius 2 is 2.00 bits per heavy atom. The van der Waals surface area contributed by atoms with Crippen LogP contribution in [0.1, 0.15) is 38.4 Å². The number of piperidine rings is 1. The number of nitrogens with zero attached hydrogens (tertiary/aromatic N) is 3. The van der Waals surface area contributed by atoms with E-state index in [1.165, 1.54) is 30.6 Å². The number of benzene rings is 1. The minimum atomic E-state index is 0.551. The molecule has 3 N–H and O–H groups in total. The molecule has 1 aliphatic heterocycles. The second-order valence-corrected chi connectivity index (χ2v) is 7.15. The zero-order valence-electron chi connectivity index (χ0n) is 15.0. The highest BCUT2D eigenvalue weighted by Crippen LogP contribution is 2.30. The third-order valence-corrected chi connectivity index (χ3v) is 5.34. The third kappa shape index (κ3) is 3.09. The van der Waals surface area contributed by atoms with Gasteiger partial charge in [-0.05, 0) is 44.3 Å². The number of para-hydroxylation sites is 1. The van der Waals surface area contributed by atoms with E-state index >= 15 is 0 Å². The minimum Gasteiger partial charge on any atom is -0.382 e. The van der Waals surface area contributed by atoms with Gasteiger partial charge in [-0.3, -0.25) is 0 Å². The lowest BCUT2D eigenvalue weighted by Crippen LogP contribution is -2.30. The van der Waals surface area contributed by atoms with Crippen LogP contribution in [-0.4, -0.2) is 27.6 Å². The number of fused-ring (bicyclic) bond motifs is 3. The van der Waals surface area contributed by atoms with Gasteiger partial charge in [0.15, 0.2) is 5.82 Å². The molecule has 4 rings (SSSR count). The summed E-state index contributed by atoms with van der Waals surface area (Å²) in [5.74, 6) is 2.42. The molecule has 3 aromatic rings. The highest BCUT2D eigenvalue weighted by Gasteiger charge is 2.21. The minimum absolute atomic E-state index is 0.551. The molecule has 1 saturated heterocycles. The van der Waals surface area contributed by atoms with Crippen LogP contribution in [0.4, 0.5) is 5.82 Å². The highest BCUT2D eigenvalue weighted by molar-refractivity contribution is 6.06. The van der Waals surface area contributed by atoms with Crippen molar-refractivity contribution in [2.75, 3.05) is 18.8 Å². The Morgan fingerprint density at radius 3 is 2.80 bits per heavy atom. The van der Waals surface area contributed by atoms with Crippen LogP contribution < -0.4 is 11.1 Å². The summed E-state index contributed by atoms with van der Waals surface area (Å²) in [4.78, 5) is 9.50. The zero-order valence-corrected chi connectivity index (χ0v) is 15.0. The average Bonchev–Trinajstić information content (AvgIpc) is 3.00. The summed E-state index contributed by atoms with van der Waals surface area (Å²) in [5, 5.41) is 4.63. The van der Waals surface area contributed by atoms with Crippen LogP contribution in [0.15, 0.2) is 24.3 Å². The molecule has 0 amide bonds. The predicted octanol–water partition coefficient (Wildman–Crippen LogP) is 3.51. The summed E-state index contributed by atoms with van der Waals surface area (Å²) in [7, 11) is 0. The van der Waals surface area contributed by atoms with Crippen molar-refractivity contribution in [1.82, 2.24) is 19.9 Å². The smallest absolute Gasteiger partial charge is 0.152 e. The van der Waals surface area contributed by atoms with E-state index in [2.05, 4.69) is 33.9 Å². The maximum Gasteiger partial charge on any atom is 0.152 e. The molecule has 25 heavy (non-hydrogen) atoms. The summed E-state index contributed by atoms with van der Waals surface area (Å²) in [6.45, 7) is 5.49. The topological polar surface area (TPSA) is 68.8 Å². The number of unbranched alkanes of at least 4 members (excludes halogenated alkanes) is 1. The second kappa shape index (κ2) is 7.00. The first-order valence-electron chi connectivity index (χ1n) is 9.52. The lowest BCUT2D eigenvalue weighted by Gasteiger charge is -2.24. The van der Waals surface area contributed by atoms with E-state index in [0.717, 1.165) is 48.9 Å². The Hall–Kier alpha value is -2.14. The third-order valence-electron chi connectivity index (χ3n) is 5.34. The molecular weight excluding hydrogens is 310 g/mol. The molecule has 5 heteroatoms. The van der Waals surface area contributed by atoms with Gasteiger partial charge in [0, 0.05) is 18.4 Å². The largest absolute Gasteiger partial charge is 0.382 e. The Morgan fingerprint density at radius 1 is 1.20 bits per heavy atom. The van der Waals surface area contributed by atoms with E-state index in [4.69, 9.17) is 10.7 Å². The van der Waals surface area contributed by atoms with E-state index < -0.39 is 0 Å². The van der Waals surface area contributed by atoms with E-state index in [9.17, 15) is 0 Å². The molecule has 5 nitrogen and oxygen atoms in total. The van der Waals surface area contributed by atoms with E-state index in [-0.39, 0.29) is 0 Å². The van der Waals surface area contributed by atoms with Crippen molar-refractivity contribution in [3.05, 3.63) is 30.1 Å². The molecule has 0 radical (unpaired) electrons.